The van der Waals surface area contributed by atoms with Gasteiger partial charge < -0.3 is 19.9 Å². The summed E-state index contributed by atoms with van der Waals surface area (Å²) < 4.78 is 18.1. The highest BCUT2D eigenvalue weighted by atomic mass is 79.9. The van der Waals surface area contributed by atoms with Crippen LogP contribution in [0.15, 0.2) is 217 Å². The molecule has 0 saturated carbocycles. The third kappa shape index (κ3) is 35.2. The predicted octanol–water partition coefficient (Wildman–Crippen LogP) is 16.4. The van der Waals surface area contributed by atoms with Gasteiger partial charge in [-0.25, -0.2) is 4.39 Å². The van der Waals surface area contributed by atoms with Crippen LogP contribution in [0.1, 0.15) is 131 Å². The van der Waals surface area contributed by atoms with Gasteiger partial charge in [-0.3, -0.25) is 47.9 Å². The second-order valence-electron chi connectivity index (χ2n) is 19.1. The summed E-state index contributed by atoms with van der Waals surface area (Å²) in [6.45, 7) is 11.6. The van der Waals surface area contributed by atoms with E-state index in [-0.39, 0.29) is 11.7 Å². The molecule has 9 aromatic carbocycles. The summed E-state index contributed by atoms with van der Waals surface area (Å²) in [4.78, 5) is 107. The van der Waals surface area contributed by atoms with Crippen LogP contribution in [0.2, 0.25) is 5.02 Å². The van der Waals surface area contributed by atoms with Crippen LogP contribution in [0.25, 0.3) is 0 Å². The van der Waals surface area contributed by atoms with Crippen LogP contribution >= 0.6 is 27.5 Å². The number of ether oxygens (including phenoxy) is 1. The molecule has 0 spiro atoms. The summed E-state index contributed by atoms with van der Waals surface area (Å²) in [7, 11) is 5.55. The molecular formula is C75H73BrClFN4O11. The molecule has 0 atom stereocenters. The zero-order valence-corrected chi connectivity index (χ0v) is 55.1. The third-order valence-electron chi connectivity index (χ3n) is 12.0. The molecule has 15 nitrogen and oxygen atoms in total. The number of nitriles is 1. The number of anilines is 3. The van der Waals surface area contributed by atoms with Crippen molar-refractivity contribution in [2.24, 2.45) is 0 Å². The molecule has 0 aliphatic carbocycles. The van der Waals surface area contributed by atoms with Gasteiger partial charge in [-0.1, -0.05) is 87.7 Å². The number of hydrogen-bond donors (Lipinski definition) is 1. The number of halogens is 3. The molecule has 18 heteroatoms. The van der Waals surface area contributed by atoms with Crippen molar-refractivity contribution in [3.63, 3.8) is 0 Å². The highest BCUT2D eigenvalue weighted by Crippen LogP contribution is 2.18. The number of nitrogens with zero attached hydrogens (tertiary/aromatic N) is 3. The van der Waals surface area contributed by atoms with E-state index in [4.69, 9.17) is 21.6 Å². The molecular weight excluding hydrogens is 1270 g/mol. The SMILES string of the molecule is CC(=O)Nc1ccc(C=O)cc1.CCN(CC)c1ccc(C=O)cc1.CN(C)c1ccc(C=O)cc1.COc1ccc(C=O)cc1C.Cc1cccc(C=O)c1.N#Cc1ccc(C=O)cc1.O=Cc1ccc(Br)cc1.O=Cc1ccc(Cl)cc1.O=Cc1ccc(F)cc1. The molecule has 9 rings (SSSR count). The van der Waals surface area contributed by atoms with Gasteiger partial charge >= 0.3 is 0 Å². The molecule has 0 saturated heterocycles. The maximum Gasteiger partial charge on any atom is 0.221 e. The lowest BCUT2D eigenvalue weighted by molar-refractivity contribution is -0.114. The van der Waals surface area contributed by atoms with Gasteiger partial charge in [0.1, 0.15) is 68.1 Å². The molecule has 1 amide bonds. The molecule has 0 aliphatic heterocycles. The van der Waals surface area contributed by atoms with Crippen LogP contribution in [-0.4, -0.2) is 96.8 Å². The maximum absolute atomic E-state index is 12.1. The number of hydrogen-bond acceptors (Lipinski definition) is 14. The maximum atomic E-state index is 12.1. The summed E-state index contributed by atoms with van der Waals surface area (Å²) in [5, 5.41) is 11.6. The van der Waals surface area contributed by atoms with Crippen LogP contribution in [0.3, 0.4) is 0 Å². The first-order valence-electron chi connectivity index (χ1n) is 28.3. The Labute approximate surface area is 556 Å². The zero-order chi connectivity index (χ0) is 69.3. The molecule has 0 bridgehead atoms. The van der Waals surface area contributed by atoms with Crippen LogP contribution < -0.4 is 19.9 Å². The number of aldehydes is 9. The van der Waals surface area contributed by atoms with E-state index in [2.05, 4.69) is 40.0 Å². The van der Waals surface area contributed by atoms with Crippen molar-refractivity contribution >= 4 is 107 Å². The fraction of sp³-hybridized carbons (Fsp3) is 0.133. The molecule has 0 unspecified atom stereocenters. The second-order valence-corrected chi connectivity index (χ2v) is 20.5. The van der Waals surface area contributed by atoms with Crippen molar-refractivity contribution in [3.05, 3.63) is 294 Å². The van der Waals surface area contributed by atoms with E-state index < -0.39 is 0 Å². The number of amides is 1. The molecule has 93 heavy (non-hydrogen) atoms. The van der Waals surface area contributed by atoms with Crippen molar-refractivity contribution in [1.82, 2.24) is 0 Å². The number of methoxy groups -OCH3 is 1. The minimum atomic E-state index is -0.319. The third-order valence-corrected chi connectivity index (χ3v) is 12.8. The highest BCUT2D eigenvalue weighted by molar-refractivity contribution is 9.10. The van der Waals surface area contributed by atoms with Crippen molar-refractivity contribution in [2.75, 3.05) is 49.4 Å². The molecule has 0 radical (unpaired) electrons. The Hall–Kier alpha value is -10.9. The van der Waals surface area contributed by atoms with E-state index in [1.165, 1.54) is 36.9 Å². The molecule has 0 fully saturated rings. The molecule has 480 valence electrons. The zero-order valence-electron chi connectivity index (χ0n) is 52.8. The van der Waals surface area contributed by atoms with Crippen molar-refractivity contribution < 1.29 is 57.1 Å². The highest BCUT2D eigenvalue weighted by Gasteiger charge is 2.02. The van der Waals surface area contributed by atoms with Crippen molar-refractivity contribution in [3.8, 4) is 11.8 Å². The van der Waals surface area contributed by atoms with Gasteiger partial charge in [0.2, 0.25) is 5.91 Å². The van der Waals surface area contributed by atoms with Gasteiger partial charge in [-0.15, -0.1) is 0 Å². The first kappa shape index (κ1) is 80.1. The first-order chi connectivity index (χ1) is 44.7. The van der Waals surface area contributed by atoms with Gasteiger partial charge in [0.05, 0.1) is 18.7 Å². The van der Waals surface area contributed by atoms with E-state index in [0.717, 1.165) is 107 Å². The summed E-state index contributed by atoms with van der Waals surface area (Å²) in [5.74, 6) is 0.380. The Morgan fingerprint density at radius 3 is 1.20 bits per heavy atom. The van der Waals surface area contributed by atoms with Crippen LogP contribution in [-0.2, 0) is 4.79 Å². The van der Waals surface area contributed by atoms with E-state index in [1.807, 2.05) is 118 Å². The van der Waals surface area contributed by atoms with Crippen LogP contribution in [0.4, 0.5) is 21.5 Å². The lowest BCUT2D eigenvalue weighted by atomic mass is 10.1. The van der Waals surface area contributed by atoms with Gasteiger partial charge in [0, 0.05) is 111 Å². The number of nitrogens with one attached hydrogen (secondary N) is 1. The molecule has 9 aromatic rings. The Morgan fingerprint density at radius 2 is 0.860 bits per heavy atom. The normalized spacial score (nSPS) is 9.10. The molecule has 0 heterocycles. The largest absolute Gasteiger partial charge is 0.496 e. The lowest BCUT2D eigenvalue weighted by Gasteiger charge is -2.20. The minimum absolute atomic E-state index is 0.117. The summed E-state index contributed by atoms with van der Waals surface area (Å²) >= 11 is 8.81. The predicted molar refractivity (Wildman–Crippen MR) is 372 cm³/mol. The van der Waals surface area contributed by atoms with Gasteiger partial charge in [0.25, 0.3) is 0 Å². The summed E-state index contributed by atoms with van der Waals surface area (Å²) in [6.07, 6.45) is 7.20. The smallest absolute Gasteiger partial charge is 0.221 e. The Balaban J connectivity index is 0.000000525. The van der Waals surface area contributed by atoms with Crippen LogP contribution in [0.5, 0.6) is 5.75 Å². The van der Waals surface area contributed by atoms with Gasteiger partial charge in [0.15, 0.2) is 0 Å². The first-order valence-corrected chi connectivity index (χ1v) is 29.4. The number of aryl methyl sites for hydroxylation is 2. The number of rotatable bonds is 15. The Morgan fingerprint density at radius 1 is 0.505 bits per heavy atom. The molecule has 0 aliphatic rings. The Kier molecular flexibility index (Phi) is 41.3. The lowest BCUT2D eigenvalue weighted by Crippen LogP contribution is -2.21. The fourth-order valence-corrected chi connectivity index (χ4v) is 7.42. The minimum Gasteiger partial charge on any atom is -0.496 e. The van der Waals surface area contributed by atoms with E-state index in [1.54, 1.807) is 116 Å². The fourth-order valence-electron chi connectivity index (χ4n) is 7.03. The number of benzene rings is 9. The quantitative estimate of drug-likeness (QED) is 0.0943. The monoisotopic (exact) mass is 1340 g/mol. The second kappa shape index (κ2) is 48.0. The topological polar surface area (TPSA) is 222 Å². The molecule has 1 N–H and O–H groups in total. The number of carbonyl (C=O) groups is 10. The van der Waals surface area contributed by atoms with E-state index in [0.29, 0.717) is 55.9 Å². The summed E-state index contributed by atoms with van der Waals surface area (Å²) in [5.41, 5.74) is 11.6. The van der Waals surface area contributed by atoms with E-state index in [9.17, 15) is 52.3 Å². The summed E-state index contributed by atoms with van der Waals surface area (Å²) in [6, 6.07) is 62.3. The van der Waals surface area contributed by atoms with Gasteiger partial charge in [-0.05, 0) is 191 Å². The van der Waals surface area contributed by atoms with Crippen molar-refractivity contribution in [1.29, 1.82) is 5.26 Å². The average molecular weight is 1340 g/mol. The van der Waals surface area contributed by atoms with Crippen LogP contribution in [0, 0.1) is 31.0 Å². The Bertz CT molecular complexity index is 3610. The standard InChI is InChI=1S/C11H15NO.C9H9NO2.C9H11NO.C9H10O2.C8H5NO.C8H8O.C7H5BrO.C7H5ClO.C7H5FO/c1-3-12(4-2)11-7-5-10(9-13)6-8-11;1-7(12)10-9-4-2-8(6-11)3-5-9;1-10(2)9-5-3-8(7-11)4-6-9;1-7-5-8(6-10)3-4-9(7)11-2;9-5-7-1-3-8(6-10)4-2-7;1-7-3-2-4-8(5-7)6-9;3*8-7-3-1-6(5-9)2-4-7/h5-9H,3-4H2,1-2H3;2-6H,1H3,(H,10,12);3-7H,1-2H3;3-6H,1-2H3;1-4,6H;2-6H,1H3;3*1-5H. The average Bonchev–Trinajstić information content (AvgIpc) is 3.32. The van der Waals surface area contributed by atoms with Crippen molar-refractivity contribution in [2.45, 2.75) is 34.6 Å². The number of carbonyl (C=O) groups excluding carboxylic acids is 10. The molecule has 0 aromatic heterocycles. The van der Waals surface area contributed by atoms with Gasteiger partial charge in [-0.2, -0.15) is 5.26 Å². The van der Waals surface area contributed by atoms with E-state index >= 15 is 0 Å².